The molecule has 0 saturated heterocycles. The minimum Gasteiger partial charge on any atom is -0.336 e. The van der Waals surface area contributed by atoms with Crippen molar-refractivity contribution in [1.29, 1.82) is 0 Å². The summed E-state index contributed by atoms with van der Waals surface area (Å²) in [4.78, 5) is 15.8. The van der Waals surface area contributed by atoms with Gasteiger partial charge in [-0.05, 0) is 26.0 Å². The number of carbonyl (C=O) groups excluding carboxylic acids is 1. The van der Waals surface area contributed by atoms with Gasteiger partial charge in [0.1, 0.15) is 0 Å². The summed E-state index contributed by atoms with van der Waals surface area (Å²) in [6.07, 6.45) is 0. The van der Waals surface area contributed by atoms with Crippen LogP contribution >= 0.6 is 11.3 Å². The van der Waals surface area contributed by atoms with Gasteiger partial charge in [0.2, 0.25) is 0 Å². The number of aromatic nitrogens is 1. The van der Waals surface area contributed by atoms with Gasteiger partial charge in [0.05, 0.1) is 10.2 Å². The van der Waals surface area contributed by atoms with Gasteiger partial charge in [-0.1, -0.05) is 23.5 Å². The van der Waals surface area contributed by atoms with Crippen LogP contribution in [-0.4, -0.2) is 17.1 Å². The molecular weight excluding hydrogens is 222 g/mol. The quantitative estimate of drug-likeness (QED) is 0.841. The number of thiazole rings is 1. The van der Waals surface area contributed by atoms with Crippen LogP contribution in [0.1, 0.15) is 13.8 Å². The SMILES string of the molecule is CC(C)NC(=O)Nc1nc2ccccc2s1. The second-order valence-electron chi connectivity index (χ2n) is 3.74. The number of amides is 2. The van der Waals surface area contributed by atoms with E-state index in [9.17, 15) is 4.79 Å². The van der Waals surface area contributed by atoms with Crippen LogP contribution < -0.4 is 10.6 Å². The highest BCUT2D eigenvalue weighted by Gasteiger charge is 2.07. The van der Waals surface area contributed by atoms with Gasteiger partial charge in [-0.2, -0.15) is 0 Å². The minimum atomic E-state index is -0.214. The lowest BCUT2D eigenvalue weighted by atomic mass is 10.3. The van der Waals surface area contributed by atoms with E-state index in [4.69, 9.17) is 0 Å². The summed E-state index contributed by atoms with van der Waals surface area (Å²) < 4.78 is 1.07. The van der Waals surface area contributed by atoms with Gasteiger partial charge in [0, 0.05) is 6.04 Å². The molecular formula is C11H13N3OS. The van der Waals surface area contributed by atoms with Gasteiger partial charge >= 0.3 is 6.03 Å². The predicted molar refractivity (Wildman–Crippen MR) is 66.9 cm³/mol. The maximum absolute atomic E-state index is 11.4. The molecule has 0 radical (unpaired) electrons. The largest absolute Gasteiger partial charge is 0.336 e. The number of rotatable bonds is 2. The Morgan fingerprint density at radius 1 is 1.38 bits per heavy atom. The molecule has 2 rings (SSSR count). The van der Waals surface area contributed by atoms with Crippen molar-refractivity contribution in [2.75, 3.05) is 5.32 Å². The molecule has 2 aromatic rings. The molecule has 1 heterocycles. The highest BCUT2D eigenvalue weighted by molar-refractivity contribution is 7.22. The Labute approximate surface area is 97.7 Å². The molecule has 4 nitrogen and oxygen atoms in total. The number of hydrogen-bond acceptors (Lipinski definition) is 3. The molecule has 0 aliphatic heterocycles. The van der Waals surface area contributed by atoms with E-state index < -0.39 is 0 Å². The maximum Gasteiger partial charge on any atom is 0.321 e. The third-order valence-electron chi connectivity index (χ3n) is 1.93. The van der Waals surface area contributed by atoms with Crippen molar-refractivity contribution in [2.45, 2.75) is 19.9 Å². The summed E-state index contributed by atoms with van der Waals surface area (Å²) in [5, 5.41) is 6.10. The van der Waals surface area contributed by atoms with Crippen molar-refractivity contribution in [2.24, 2.45) is 0 Å². The number of carbonyl (C=O) groups is 1. The Morgan fingerprint density at radius 3 is 2.81 bits per heavy atom. The van der Waals surface area contributed by atoms with Crippen LogP contribution in [0.5, 0.6) is 0 Å². The maximum atomic E-state index is 11.4. The third-order valence-corrected chi connectivity index (χ3v) is 2.89. The summed E-state index contributed by atoms with van der Waals surface area (Å²) >= 11 is 1.47. The van der Waals surface area contributed by atoms with E-state index in [1.54, 1.807) is 0 Å². The molecule has 1 aromatic carbocycles. The Morgan fingerprint density at radius 2 is 2.12 bits per heavy atom. The number of urea groups is 1. The zero-order valence-electron chi connectivity index (χ0n) is 9.15. The number of anilines is 1. The van der Waals surface area contributed by atoms with Crippen molar-refractivity contribution >= 4 is 32.7 Å². The Bertz CT molecular complexity index is 474. The average Bonchev–Trinajstić information content (AvgIpc) is 2.57. The van der Waals surface area contributed by atoms with Crippen LogP contribution in [0.15, 0.2) is 24.3 Å². The first kappa shape index (κ1) is 10.9. The molecule has 84 valence electrons. The molecule has 0 fully saturated rings. The van der Waals surface area contributed by atoms with Crippen LogP contribution in [0.2, 0.25) is 0 Å². The van der Waals surface area contributed by atoms with Crippen LogP contribution in [0, 0.1) is 0 Å². The van der Waals surface area contributed by atoms with E-state index in [1.807, 2.05) is 38.1 Å². The summed E-state index contributed by atoms with van der Waals surface area (Å²) in [6, 6.07) is 7.71. The molecule has 16 heavy (non-hydrogen) atoms. The van der Waals surface area contributed by atoms with Crippen molar-refractivity contribution in [3.8, 4) is 0 Å². The van der Waals surface area contributed by atoms with Crippen molar-refractivity contribution in [1.82, 2.24) is 10.3 Å². The summed E-state index contributed by atoms with van der Waals surface area (Å²) in [7, 11) is 0. The molecule has 1 aromatic heterocycles. The molecule has 2 amide bonds. The molecule has 5 heteroatoms. The predicted octanol–water partition coefficient (Wildman–Crippen LogP) is 2.83. The van der Waals surface area contributed by atoms with E-state index in [-0.39, 0.29) is 12.1 Å². The molecule has 2 N–H and O–H groups in total. The Kier molecular flexibility index (Phi) is 3.05. The average molecular weight is 235 g/mol. The molecule has 0 bridgehead atoms. The van der Waals surface area contributed by atoms with Gasteiger partial charge < -0.3 is 5.32 Å². The fourth-order valence-corrected chi connectivity index (χ4v) is 2.18. The fourth-order valence-electron chi connectivity index (χ4n) is 1.32. The summed E-state index contributed by atoms with van der Waals surface area (Å²) in [5.74, 6) is 0. The van der Waals surface area contributed by atoms with Gasteiger partial charge in [-0.15, -0.1) is 0 Å². The standard InChI is InChI=1S/C11H13N3OS/c1-7(2)12-10(15)14-11-13-8-5-3-4-6-9(8)16-11/h3-7H,1-2H3,(H2,12,13,14,15). The molecule has 0 unspecified atom stereocenters. The Balaban J connectivity index is 2.12. The molecule has 0 aliphatic rings. The number of nitrogens with one attached hydrogen (secondary N) is 2. The fraction of sp³-hybridized carbons (Fsp3) is 0.273. The first-order valence-corrected chi connectivity index (χ1v) is 5.90. The van der Waals surface area contributed by atoms with E-state index in [0.29, 0.717) is 5.13 Å². The number of hydrogen-bond donors (Lipinski definition) is 2. The van der Waals surface area contributed by atoms with Gasteiger partial charge in [0.25, 0.3) is 0 Å². The van der Waals surface area contributed by atoms with Gasteiger partial charge in [-0.25, -0.2) is 9.78 Å². The molecule has 0 aliphatic carbocycles. The second kappa shape index (κ2) is 4.49. The lowest BCUT2D eigenvalue weighted by Crippen LogP contribution is -2.34. The van der Waals surface area contributed by atoms with Crippen LogP contribution in [0.3, 0.4) is 0 Å². The van der Waals surface area contributed by atoms with E-state index in [0.717, 1.165) is 10.2 Å². The monoisotopic (exact) mass is 235 g/mol. The Hall–Kier alpha value is -1.62. The first-order chi connectivity index (χ1) is 7.65. The number of benzene rings is 1. The van der Waals surface area contributed by atoms with Crippen LogP contribution in [0.4, 0.5) is 9.93 Å². The first-order valence-electron chi connectivity index (χ1n) is 5.08. The van der Waals surface area contributed by atoms with Crippen molar-refractivity contribution in [3.05, 3.63) is 24.3 Å². The lowest BCUT2D eigenvalue weighted by molar-refractivity contribution is 0.250. The molecule has 0 atom stereocenters. The zero-order chi connectivity index (χ0) is 11.5. The summed E-state index contributed by atoms with van der Waals surface area (Å²) in [5.41, 5.74) is 0.910. The van der Waals surface area contributed by atoms with Crippen molar-refractivity contribution in [3.63, 3.8) is 0 Å². The number of para-hydroxylation sites is 1. The third kappa shape index (κ3) is 2.49. The van der Waals surface area contributed by atoms with Crippen LogP contribution in [0.25, 0.3) is 10.2 Å². The topological polar surface area (TPSA) is 54.0 Å². The highest BCUT2D eigenvalue weighted by atomic mass is 32.1. The summed E-state index contributed by atoms with van der Waals surface area (Å²) in [6.45, 7) is 3.83. The van der Waals surface area contributed by atoms with E-state index >= 15 is 0 Å². The van der Waals surface area contributed by atoms with E-state index in [1.165, 1.54) is 11.3 Å². The second-order valence-corrected chi connectivity index (χ2v) is 4.77. The minimum absolute atomic E-state index is 0.120. The normalized spacial score (nSPS) is 10.7. The van der Waals surface area contributed by atoms with Gasteiger partial charge in [-0.3, -0.25) is 5.32 Å². The zero-order valence-corrected chi connectivity index (χ0v) is 9.97. The van der Waals surface area contributed by atoms with Crippen LogP contribution in [-0.2, 0) is 0 Å². The van der Waals surface area contributed by atoms with E-state index in [2.05, 4.69) is 15.6 Å². The van der Waals surface area contributed by atoms with Gasteiger partial charge in [0.15, 0.2) is 5.13 Å². The highest BCUT2D eigenvalue weighted by Crippen LogP contribution is 2.25. The number of fused-ring (bicyclic) bond motifs is 1. The molecule has 0 spiro atoms. The smallest absolute Gasteiger partial charge is 0.321 e. The van der Waals surface area contributed by atoms with Crippen molar-refractivity contribution < 1.29 is 4.79 Å². The molecule has 0 saturated carbocycles. The lowest BCUT2D eigenvalue weighted by Gasteiger charge is -2.07. The number of nitrogens with zero attached hydrogens (tertiary/aromatic N) is 1.